The molecule has 162 valence electrons. The van der Waals surface area contributed by atoms with Crippen LogP contribution in [0.5, 0.6) is 17.2 Å². The highest BCUT2D eigenvalue weighted by Crippen LogP contribution is 2.35. The van der Waals surface area contributed by atoms with Gasteiger partial charge in [0, 0.05) is 18.7 Å². The SMILES string of the molecule is CCOC(=O)CCn1c(=NC(=O)c2ccccc2OC)sc2cc3c(cc21)OCCO3. The van der Waals surface area contributed by atoms with Gasteiger partial charge < -0.3 is 23.5 Å². The van der Waals surface area contributed by atoms with E-state index in [1.807, 2.05) is 16.7 Å². The number of para-hydroxylation sites is 1. The van der Waals surface area contributed by atoms with Gasteiger partial charge in [-0.15, -0.1) is 0 Å². The number of aromatic nitrogens is 1. The van der Waals surface area contributed by atoms with Crippen molar-refractivity contribution in [1.82, 2.24) is 4.57 Å². The first kappa shape index (κ1) is 20.9. The first-order valence-electron chi connectivity index (χ1n) is 9.91. The Balaban J connectivity index is 1.80. The second-order valence-corrected chi connectivity index (χ2v) is 7.68. The summed E-state index contributed by atoms with van der Waals surface area (Å²) >= 11 is 1.35. The number of carbonyl (C=O) groups excluding carboxylic acids is 2. The first-order valence-corrected chi connectivity index (χ1v) is 10.7. The summed E-state index contributed by atoms with van der Waals surface area (Å²) in [6.45, 7) is 3.35. The Labute approximate surface area is 182 Å². The Hall–Kier alpha value is -3.33. The van der Waals surface area contributed by atoms with E-state index in [4.69, 9.17) is 18.9 Å². The van der Waals surface area contributed by atoms with Crippen LogP contribution in [0.1, 0.15) is 23.7 Å². The van der Waals surface area contributed by atoms with E-state index >= 15 is 0 Å². The minimum Gasteiger partial charge on any atom is -0.496 e. The summed E-state index contributed by atoms with van der Waals surface area (Å²) in [7, 11) is 1.51. The molecule has 0 fully saturated rings. The number of fused-ring (bicyclic) bond motifs is 2. The number of aryl methyl sites for hydroxylation is 1. The molecule has 2 heterocycles. The second-order valence-electron chi connectivity index (χ2n) is 6.67. The molecule has 8 nitrogen and oxygen atoms in total. The van der Waals surface area contributed by atoms with Crippen molar-refractivity contribution in [1.29, 1.82) is 0 Å². The molecule has 0 saturated carbocycles. The van der Waals surface area contributed by atoms with Gasteiger partial charge in [-0.1, -0.05) is 23.5 Å². The predicted molar refractivity (Wildman–Crippen MR) is 115 cm³/mol. The molecular weight excluding hydrogens is 420 g/mol. The lowest BCUT2D eigenvalue weighted by molar-refractivity contribution is -0.143. The number of amides is 1. The third-order valence-corrected chi connectivity index (χ3v) is 5.77. The summed E-state index contributed by atoms with van der Waals surface area (Å²) in [5.74, 6) is 0.997. The highest BCUT2D eigenvalue weighted by atomic mass is 32.1. The molecule has 0 bridgehead atoms. The topological polar surface area (TPSA) is 88.4 Å². The summed E-state index contributed by atoms with van der Waals surface area (Å²) in [6, 6.07) is 10.7. The Morgan fingerprint density at radius 2 is 1.90 bits per heavy atom. The van der Waals surface area contributed by atoms with Crippen LogP contribution in [0.2, 0.25) is 0 Å². The fourth-order valence-corrected chi connectivity index (χ4v) is 4.38. The smallest absolute Gasteiger partial charge is 0.307 e. The van der Waals surface area contributed by atoms with Gasteiger partial charge in [0.2, 0.25) is 0 Å². The minimum atomic E-state index is -0.425. The average Bonchev–Trinajstić information content (AvgIpc) is 3.11. The monoisotopic (exact) mass is 442 g/mol. The van der Waals surface area contributed by atoms with Crippen molar-refractivity contribution < 1.29 is 28.5 Å². The third kappa shape index (κ3) is 4.41. The number of esters is 1. The number of thiazole rings is 1. The highest BCUT2D eigenvalue weighted by molar-refractivity contribution is 7.16. The van der Waals surface area contributed by atoms with Crippen LogP contribution in [0.15, 0.2) is 41.4 Å². The van der Waals surface area contributed by atoms with Crippen molar-refractivity contribution in [2.75, 3.05) is 26.9 Å². The third-order valence-electron chi connectivity index (χ3n) is 4.73. The lowest BCUT2D eigenvalue weighted by Gasteiger charge is -2.18. The summed E-state index contributed by atoms with van der Waals surface area (Å²) in [6.07, 6.45) is 0.157. The van der Waals surface area contributed by atoms with Crippen molar-refractivity contribution in [3.05, 3.63) is 46.8 Å². The standard InChI is InChI=1S/C22H22N2O6S/c1-3-28-20(25)8-9-24-15-12-17-18(30-11-10-29-17)13-19(15)31-22(24)23-21(26)14-6-4-5-7-16(14)27-2/h4-7,12-13H,3,8-11H2,1-2H3. The fraction of sp³-hybridized carbons (Fsp3) is 0.318. The second kappa shape index (κ2) is 9.22. The maximum atomic E-state index is 12.9. The molecule has 0 radical (unpaired) electrons. The van der Waals surface area contributed by atoms with Crippen LogP contribution in [-0.2, 0) is 16.1 Å². The molecule has 0 unspecified atom stereocenters. The Morgan fingerprint density at radius 3 is 2.65 bits per heavy atom. The maximum absolute atomic E-state index is 12.9. The van der Waals surface area contributed by atoms with Gasteiger partial charge in [-0.25, -0.2) is 0 Å². The maximum Gasteiger partial charge on any atom is 0.307 e. The Bertz CT molecular complexity index is 1200. The Kier molecular flexibility index (Phi) is 6.22. The highest BCUT2D eigenvalue weighted by Gasteiger charge is 2.18. The number of hydrogen-bond acceptors (Lipinski definition) is 7. The number of carbonyl (C=O) groups is 2. The van der Waals surface area contributed by atoms with E-state index in [0.29, 0.717) is 54.0 Å². The molecule has 1 aromatic heterocycles. The Morgan fingerprint density at radius 1 is 1.16 bits per heavy atom. The zero-order valence-electron chi connectivity index (χ0n) is 17.3. The van der Waals surface area contributed by atoms with E-state index in [-0.39, 0.29) is 12.4 Å². The molecule has 0 spiro atoms. The number of hydrogen-bond donors (Lipinski definition) is 0. The number of rotatable bonds is 6. The zero-order chi connectivity index (χ0) is 21.8. The van der Waals surface area contributed by atoms with Gasteiger partial charge in [-0.05, 0) is 19.1 Å². The van der Waals surface area contributed by atoms with E-state index in [2.05, 4.69) is 4.99 Å². The lowest BCUT2D eigenvalue weighted by Crippen LogP contribution is -2.20. The van der Waals surface area contributed by atoms with Crippen molar-refractivity contribution >= 4 is 33.4 Å². The molecule has 1 aliphatic heterocycles. The quantitative estimate of drug-likeness (QED) is 0.545. The van der Waals surface area contributed by atoms with Crippen LogP contribution < -0.4 is 19.0 Å². The number of methoxy groups -OCH3 is 1. The molecule has 9 heteroatoms. The van der Waals surface area contributed by atoms with Crippen molar-refractivity contribution in [3.8, 4) is 17.2 Å². The van der Waals surface area contributed by atoms with Crippen molar-refractivity contribution in [3.63, 3.8) is 0 Å². The van der Waals surface area contributed by atoms with Gasteiger partial charge in [0.25, 0.3) is 5.91 Å². The van der Waals surface area contributed by atoms with Gasteiger partial charge >= 0.3 is 5.97 Å². The van der Waals surface area contributed by atoms with Crippen molar-refractivity contribution in [2.45, 2.75) is 19.9 Å². The van der Waals surface area contributed by atoms with Gasteiger partial charge in [0.15, 0.2) is 16.3 Å². The summed E-state index contributed by atoms with van der Waals surface area (Å²) in [5, 5.41) is 0. The average molecular weight is 442 g/mol. The molecule has 1 aliphatic rings. The molecule has 0 atom stereocenters. The van der Waals surface area contributed by atoms with Crippen LogP contribution in [0.4, 0.5) is 0 Å². The summed E-state index contributed by atoms with van der Waals surface area (Å²) in [4.78, 5) is 29.7. The first-order chi connectivity index (χ1) is 15.1. The molecule has 4 rings (SSSR count). The largest absolute Gasteiger partial charge is 0.496 e. The van der Waals surface area contributed by atoms with E-state index in [9.17, 15) is 9.59 Å². The van der Waals surface area contributed by atoms with Gasteiger partial charge in [-0.3, -0.25) is 9.59 Å². The number of benzene rings is 2. The molecule has 2 aromatic carbocycles. The molecule has 1 amide bonds. The summed E-state index contributed by atoms with van der Waals surface area (Å²) < 4.78 is 24.4. The minimum absolute atomic E-state index is 0.157. The van der Waals surface area contributed by atoms with Gasteiger partial charge in [-0.2, -0.15) is 4.99 Å². The lowest BCUT2D eigenvalue weighted by atomic mass is 10.2. The van der Waals surface area contributed by atoms with Crippen LogP contribution in [-0.4, -0.2) is 43.4 Å². The van der Waals surface area contributed by atoms with Crippen LogP contribution in [0, 0.1) is 0 Å². The number of nitrogens with zero attached hydrogens (tertiary/aromatic N) is 2. The molecule has 0 aliphatic carbocycles. The van der Waals surface area contributed by atoms with Crippen molar-refractivity contribution in [2.24, 2.45) is 4.99 Å². The normalized spacial score (nSPS) is 13.3. The van der Waals surface area contributed by atoms with Gasteiger partial charge in [0.05, 0.1) is 35.9 Å². The van der Waals surface area contributed by atoms with Crippen LogP contribution >= 0.6 is 11.3 Å². The molecule has 31 heavy (non-hydrogen) atoms. The van der Waals surface area contributed by atoms with Gasteiger partial charge in [0.1, 0.15) is 19.0 Å². The molecular formula is C22H22N2O6S. The van der Waals surface area contributed by atoms with E-state index in [1.54, 1.807) is 31.2 Å². The number of ether oxygens (including phenoxy) is 4. The zero-order valence-corrected chi connectivity index (χ0v) is 18.1. The van der Waals surface area contributed by atoms with E-state index < -0.39 is 5.91 Å². The van der Waals surface area contributed by atoms with Crippen LogP contribution in [0.25, 0.3) is 10.2 Å². The van der Waals surface area contributed by atoms with E-state index in [1.165, 1.54) is 18.4 Å². The summed E-state index contributed by atoms with van der Waals surface area (Å²) in [5.41, 5.74) is 1.18. The molecule has 0 saturated heterocycles. The predicted octanol–water partition coefficient (Wildman–Crippen LogP) is 3.18. The van der Waals surface area contributed by atoms with E-state index in [0.717, 1.165) is 10.2 Å². The van der Waals surface area contributed by atoms with Crippen LogP contribution in [0.3, 0.4) is 0 Å². The molecule has 0 N–H and O–H groups in total. The fourth-order valence-electron chi connectivity index (χ4n) is 3.31. The molecule has 3 aromatic rings.